The Morgan fingerprint density at radius 3 is 2.67 bits per heavy atom. The van der Waals surface area contributed by atoms with Crippen molar-refractivity contribution in [3.63, 3.8) is 0 Å². The normalized spacial score (nSPS) is 10.7. The lowest BCUT2D eigenvalue weighted by Gasteiger charge is -2.08. The number of nitrogens with zero attached hydrogens (tertiary/aromatic N) is 2. The zero-order valence-electron chi connectivity index (χ0n) is 15.6. The topological polar surface area (TPSA) is 95.7 Å². The minimum Gasteiger partial charge on any atom is -0.491 e. The summed E-state index contributed by atoms with van der Waals surface area (Å²) >= 11 is 1.41. The predicted octanol–water partition coefficient (Wildman–Crippen LogP) is 2.40. The molecule has 2 aromatic rings. The summed E-state index contributed by atoms with van der Waals surface area (Å²) in [5, 5.41) is 11.2. The van der Waals surface area contributed by atoms with Crippen molar-refractivity contribution >= 4 is 17.7 Å². The number of rotatable bonds is 13. The van der Waals surface area contributed by atoms with Crippen LogP contribution in [0.25, 0.3) is 11.5 Å². The molecule has 1 heterocycles. The Balaban J connectivity index is 1.56. The van der Waals surface area contributed by atoms with Gasteiger partial charge in [0.15, 0.2) is 0 Å². The van der Waals surface area contributed by atoms with Gasteiger partial charge < -0.3 is 23.9 Å². The zero-order valence-corrected chi connectivity index (χ0v) is 16.4. The molecule has 1 N–H and O–H groups in total. The van der Waals surface area contributed by atoms with Gasteiger partial charge in [-0.1, -0.05) is 11.8 Å². The molecule has 0 atom stereocenters. The van der Waals surface area contributed by atoms with Gasteiger partial charge in [0, 0.05) is 32.2 Å². The fourth-order valence-electron chi connectivity index (χ4n) is 2.15. The molecular weight excluding hydrogens is 370 g/mol. The molecule has 2 rings (SSSR count). The number of ether oxygens (including phenoxy) is 3. The summed E-state index contributed by atoms with van der Waals surface area (Å²) < 4.78 is 21.4. The summed E-state index contributed by atoms with van der Waals surface area (Å²) in [5.74, 6) is 1.23. The fraction of sp³-hybridized carbons (Fsp3) is 0.500. The first kappa shape index (κ1) is 21.2. The molecule has 1 aromatic carbocycles. The molecule has 0 bridgehead atoms. The van der Waals surface area contributed by atoms with E-state index in [-0.39, 0.29) is 5.91 Å². The number of thioether (sulfide) groups is 1. The monoisotopic (exact) mass is 395 g/mol. The van der Waals surface area contributed by atoms with Gasteiger partial charge in [0.25, 0.3) is 5.22 Å². The van der Waals surface area contributed by atoms with Crippen LogP contribution in [-0.2, 0) is 14.3 Å². The van der Waals surface area contributed by atoms with Gasteiger partial charge in [0.1, 0.15) is 12.4 Å². The molecule has 0 spiro atoms. The molecule has 0 fully saturated rings. The third-order valence-electron chi connectivity index (χ3n) is 3.50. The molecule has 9 heteroatoms. The highest BCUT2D eigenvalue weighted by molar-refractivity contribution is 7.98. The second-order valence-corrected chi connectivity index (χ2v) is 6.27. The van der Waals surface area contributed by atoms with Crippen LogP contribution in [0.15, 0.2) is 33.9 Å². The van der Waals surface area contributed by atoms with Crippen molar-refractivity contribution in [2.24, 2.45) is 0 Å². The molecule has 148 valence electrons. The van der Waals surface area contributed by atoms with Crippen molar-refractivity contribution in [3.8, 4) is 17.2 Å². The van der Waals surface area contributed by atoms with Gasteiger partial charge in [-0.3, -0.25) is 4.79 Å². The van der Waals surface area contributed by atoms with Gasteiger partial charge in [0.05, 0.1) is 13.2 Å². The van der Waals surface area contributed by atoms with Crippen molar-refractivity contribution in [2.75, 3.05) is 46.3 Å². The number of methoxy groups -OCH3 is 1. The van der Waals surface area contributed by atoms with Gasteiger partial charge in [0.2, 0.25) is 11.8 Å². The molecule has 1 aromatic heterocycles. The van der Waals surface area contributed by atoms with Gasteiger partial charge in [-0.2, -0.15) is 0 Å². The van der Waals surface area contributed by atoms with Crippen LogP contribution in [0, 0.1) is 0 Å². The highest BCUT2D eigenvalue weighted by atomic mass is 32.2. The van der Waals surface area contributed by atoms with Gasteiger partial charge in [-0.15, -0.1) is 10.2 Å². The van der Waals surface area contributed by atoms with Crippen LogP contribution >= 0.6 is 11.8 Å². The number of hydrogen-bond donors (Lipinski definition) is 1. The summed E-state index contributed by atoms with van der Waals surface area (Å²) in [4.78, 5) is 11.5. The maximum Gasteiger partial charge on any atom is 0.276 e. The first-order chi connectivity index (χ1) is 13.2. The molecule has 0 aliphatic rings. The summed E-state index contributed by atoms with van der Waals surface area (Å²) in [6.45, 7) is 2.41. The smallest absolute Gasteiger partial charge is 0.276 e. The van der Waals surface area contributed by atoms with Crippen LogP contribution in [0.1, 0.15) is 12.8 Å². The molecular formula is C18H25N3O5S. The quantitative estimate of drug-likeness (QED) is 0.408. The van der Waals surface area contributed by atoms with Crippen molar-refractivity contribution in [1.82, 2.24) is 15.5 Å². The molecule has 27 heavy (non-hydrogen) atoms. The summed E-state index contributed by atoms with van der Waals surface area (Å²) in [6, 6.07) is 7.43. The highest BCUT2D eigenvalue weighted by Gasteiger charge is 2.07. The largest absolute Gasteiger partial charge is 0.491 e. The average Bonchev–Trinajstić information content (AvgIpc) is 3.17. The maximum atomic E-state index is 11.5. The number of nitrogens with one attached hydrogen (secondary N) is 1. The van der Waals surface area contributed by atoms with E-state index in [1.54, 1.807) is 7.11 Å². The van der Waals surface area contributed by atoms with E-state index in [1.165, 1.54) is 11.8 Å². The number of carbonyl (C=O) groups is 1. The number of amides is 1. The van der Waals surface area contributed by atoms with Crippen LogP contribution in [0.4, 0.5) is 0 Å². The molecule has 8 nitrogen and oxygen atoms in total. The number of carbonyl (C=O) groups excluding carboxylic acids is 1. The third-order valence-corrected chi connectivity index (χ3v) is 4.01. The first-order valence-corrected chi connectivity index (χ1v) is 9.89. The van der Waals surface area contributed by atoms with Crippen LogP contribution in [0.5, 0.6) is 5.75 Å². The van der Waals surface area contributed by atoms with Gasteiger partial charge in [-0.25, -0.2) is 0 Å². The Hall–Kier alpha value is -2.10. The van der Waals surface area contributed by atoms with Crippen molar-refractivity contribution < 1.29 is 23.4 Å². The van der Waals surface area contributed by atoms with Crippen LogP contribution in [0.3, 0.4) is 0 Å². The Kier molecular flexibility index (Phi) is 9.67. The van der Waals surface area contributed by atoms with Crippen LogP contribution < -0.4 is 10.1 Å². The molecule has 0 saturated heterocycles. The van der Waals surface area contributed by atoms with Crippen LogP contribution in [0.2, 0.25) is 0 Å². The summed E-state index contributed by atoms with van der Waals surface area (Å²) in [6.07, 6.45) is 3.07. The molecule has 0 saturated carbocycles. The molecule has 0 aliphatic heterocycles. The van der Waals surface area contributed by atoms with Gasteiger partial charge >= 0.3 is 0 Å². The van der Waals surface area contributed by atoms with E-state index in [1.807, 2.05) is 30.5 Å². The molecule has 0 unspecified atom stereocenters. The Labute approximate surface area is 163 Å². The zero-order chi connectivity index (χ0) is 19.3. The minimum absolute atomic E-state index is 0.0119. The van der Waals surface area contributed by atoms with E-state index in [2.05, 4.69) is 15.5 Å². The number of aromatic nitrogens is 2. The Morgan fingerprint density at radius 2 is 1.96 bits per heavy atom. The fourth-order valence-corrected chi connectivity index (χ4v) is 2.44. The lowest BCUT2D eigenvalue weighted by molar-refractivity contribution is -0.121. The van der Waals surface area contributed by atoms with E-state index in [0.29, 0.717) is 50.5 Å². The van der Waals surface area contributed by atoms with E-state index >= 15 is 0 Å². The second-order valence-electron chi connectivity index (χ2n) is 5.51. The van der Waals surface area contributed by atoms with Gasteiger partial charge in [-0.05, 0) is 36.9 Å². The molecule has 0 aliphatic carbocycles. The van der Waals surface area contributed by atoms with E-state index in [0.717, 1.165) is 17.7 Å². The maximum absolute atomic E-state index is 11.5. The van der Waals surface area contributed by atoms with Crippen molar-refractivity contribution in [1.29, 1.82) is 0 Å². The lowest BCUT2D eigenvalue weighted by Crippen LogP contribution is -2.27. The number of benzene rings is 1. The highest BCUT2D eigenvalue weighted by Crippen LogP contribution is 2.23. The second kappa shape index (κ2) is 12.3. The van der Waals surface area contributed by atoms with Crippen LogP contribution in [-0.4, -0.2) is 62.4 Å². The van der Waals surface area contributed by atoms with E-state index in [4.69, 9.17) is 18.6 Å². The lowest BCUT2D eigenvalue weighted by atomic mass is 10.2. The first-order valence-electron chi connectivity index (χ1n) is 8.67. The van der Waals surface area contributed by atoms with E-state index < -0.39 is 0 Å². The predicted molar refractivity (Wildman–Crippen MR) is 102 cm³/mol. The SMILES string of the molecule is COCCCC(=O)NCCOCCOc1ccc(-c2nnc(SC)o2)cc1. The minimum atomic E-state index is 0.0119. The average molecular weight is 395 g/mol. The van der Waals surface area contributed by atoms with Crippen molar-refractivity contribution in [3.05, 3.63) is 24.3 Å². The van der Waals surface area contributed by atoms with Crippen molar-refractivity contribution in [2.45, 2.75) is 18.1 Å². The number of hydrogen-bond acceptors (Lipinski definition) is 8. The molecule has 0 radical (unpaired) electrons. The molecule has 1 amide bonds. The Bertz CT molecular complexity index is 678. The van der Waals surface area contributed by atoms with E-state index in [9.17, 15) is 4.79 Å². The Morgan fingerprint density at radius 1 is 1.15 bits per heavy atom. The standard InChI is InChI=1S/C18H25N3O5S/c1-23-10-3-4-16(22)19-9-11-24-12-13-25-15-7-5-14(6-8-15)17-20-21-18(26-17)27-2/h5-8H,3-4,9-13H2,1-2H3,(H,19,22). The summed E-state index contributed by atoms with van der Waals surface area (Å²) in [5.41, 5.74) is 0.840. The summed E-state index contributed by atoms with van der Waals surface area (Å²) in [7, 11) is 1.62. The third kappa shape index (κ3) is 7.98.